The zero-order valence-electron chi connectivity index (χ0n) is 6.02. The van der Waals surface area contributed by atoms with E-state index in [0.717, 1.165) is 12.3 Å². The first-order chi connectivity index (χ1) is 5.54. The topological polar surface area (TPSA) is 36.7 Å². The fourth-order valence-corrected chi connectivity index (χ4v) is 0.697. The van der Waals surface area contributed by atoms with Crippen LogP contribution in [0.2, 0.25) is 0 Å². The van der Waals surface area contributed by atoms with Gasteiger partial charge in [-0.3, -0.25) is 10.7 Å². The van der Waals surface area contributed by atoms with Crippen LogP contribution in [-0.4, -0.2) is 4.98 Å². The number of aromatic nitrogens is 1. The Bertz CT molecular complexity index is 252. The zero-order chi connectivity index (χ0) is 9.19. The van der Waals surface area contributed by atoms with Crippen LogP contribution in [0.1, 0.15) is 11.3 Å². The second kappa shape index (κ2) is 3.10. The second-order valence-electron chi connectivity index (χ2n) is 2.23. The van der Waals surface area contributed by atoms with Crippen LogP contribution in [0.4, 0.5) is 13.2 Å². The molecular formula is C7H6F3N2. The van der Waals surface area contributed by atoms with Gasteiger partial charge in [0, 0.05) is 12.7 Å². The van der Waals surface area contributed by atoms with Gasteiger partial charge in [-0.05, 0) is 11.6 Å². The van der Waals surface area contributed by atoms with E-state index in [4.69, 9.17) is 5.73 Å². The fourth-order valence-electron chi connectivity index (χ4n) is 0.697. The maximum absolute atomic E-state index is 11.9. The number of nitrogens with zero attached hydrogens (tertiary/aromatic N) is 1. The van der Waals surface area contributed by atoms with Gasteiger partial charge in [-0.25, -0.2) is 0 Å². The Morgan fingerprint density at radius 3 is 2.33 bits per heavy atom. The summed E-state index contributed by atoms with van der Waals surface area (Å²) < 4.78 is 35.7. The largest absolute Gasteiger partial charge is 0.433 e. The van der Waals surface area contributed by atoms with Gasteiger partial charge >= 0.3 is 6.18 Å². The molecule has 1 aromatic rings. The lowest BCUT2D eigenvalue weighted by molar-refractivity contribution is -0.141. The average molecular weight is 175 g/mol. The van der Waals surface area contributed by atoms with Gasteiger partial charge in [0.25, 0.3) is 0 Å². The Morgan fingerprint density at radius 1 is 1.33 bits per heavy atom. The maximum Gasteiger partial charge on any atom is 0.433 e. The van der Waals surface area contributed by atoms with Gasteiger partial charge in [-0.2, -0.15) is 13.2 Å². The van der Waals surface area contributed by atoms with E-state index in [2.05, 4.69) is 4.98 Å². The highest BCUT2D eigenvalue weighted by Crippen LogP contribution is 2.26. The van der Waals surface area contributed by atoms with E-state index in [1.54, 1.807) is 0 Å². The maximum atomic E-state index is 11.9. The van der Waals surface area contributed by atoms with Gasteiger partial charge < -0.3 is 0 Å². The van der Waals surface area contributed by atoms with Crippen LogP contribution in [0.5, 0.6) is 0 Å². The van der Waals surface area contributed by atoms with Gasteiger partial charge in [-0.1, -0.05) is 6.07 Å². The van der Waals surface area contributed by atoms with Crippen LogP contribution in [0.15, 0.2) is 18.3 Å². The number of pyridine rings is 1. The molecule has 0 bridgehead atoms. The lowest BCUT2D eigenvalue weighted by Gasteiger charge is -2.04. The monoisotopic (exact) mass is 175 g/mol. The molecule has 0 saturated heterocycles. The summed E-state index contributed by atoms with van der Waals surface area (Å²) in [5, 5.41) is 0. The lowest BCUT2D eigenvalue weighted by Crippen LogP contribution is -2.07. The number of rotatable bonds is 1. The molecule has 2 nitrogen and oxygen atoms in total. The van der Waals surface area contributed by atoms with E-state index in [1.165, 1.54) is 6.07 Å². The Kier molecular flexibility index (Phi) is 2.32. The van der Waals surface area contributed by atoms with Crippen molar-refractivity contribution in [2.24, 2.45) is 0 Å². The first-order valence-corrected chi connectivity index (χ1v) is 3.21. The van der Waals surface area contributed by atoms with E-state index in [0.29, 0.717) is 5.56 Å². The Hall–Kier alpha value is -1.10. The highest BCUT2D eigenvalue weighted by molar-refractivity contribution is 5.15. The number of halogens is 3. The zero-order valence-corrected chi connectivity index (χ0v) is 6.02. The fraction of sp³-hybridized carbons (Fsp3) is 0.286. The van der Waals surface area contributed by atoms with Crippen molar-refractivity contribution in [3.05, 3.63) is 29.6 Å². The van der Waals surface area contributed by atoms with Crippen LogP contribution in [-0.2, 0) is 12.7 Å². The van der Waals surface area contributed by atoms with Crippen LogP contribution in [0.3, 0.4) is 0 Å². The van der Waals surface area contributed by atoms with Crippen LogP contribution in [0.25, 0.3) is 0 Å². The summed E-state index contributed by atoms with van der Waals surface area (Å²) in [5.41, 5.74) is 6.41. The average Bonchev–Trinajstić information content (AvgIpc) is 2.03. The van der Waals surface area contributed by atoms with Gasteiger partial charge in [-0.15, -0.1) is 0 Å². The molecule has 0 amide bonds. The van der Waals surface area contributed by atoms with Crippen molar-refractivity contribution in [2.75, 3.05) is 0 Å². The molecule has 0 spiro atoms. The lowest BCUT2D eigenvalue weighted by atomic mass is 10.2. The van der Waals surface area contributed by atoms with Crippen LogP contribution in [0, 0.1) is 0 Å². The third-order valence-electron chi connectivity index (χ3n) is 1.32. The number of nitrogens with one attached hydrogen (secondary N) is 1. The standard InChI is InChI=1S/C7H6F3N2/c8-7(9,10)6-2-1-5(3-11)4-12-6/h1-2,4,11H,3H2. The van der Waals surface area contributed by atoms with Crippen LogP contribution >= 0.6 is 0 Å². The molecule has 0 aliphatic rings. The predicted octanol–water partition coefficient (Wildman–Crippen LogP) is 1.88. The number of hydrogen-bond acceptors (Lipinski definition) is 1. The quantitative estimate of drug-likeness (QED) is 0.642. The van der Waals surface area contributed by atoms with Gasteiger partial charge in [0.15, 0.2) is 0 Å². The molecule has 0 saturated carbocycles. The van der Waals surface area contributed by atoms with Crippen molar-refractivity contribution in [1.29, 1.82) is 0 Å². The normalized spacial score (nSPS) is 11.7. The molecule has 0 aliphatic carbocycles. The molecule has 12 heavy (non-hydrogen) atoms. The molecule has 1 heterocycles. The highest BCUT2D eigenvalue weighted by Gasteiger charge is 2.31. The molecule has 0 fully saturated rings. The minimum absolute atomic E-state index is 0.0505. The van der Waals surface area contributed by atoms with Crippen molar-refractivity contribution in [2.45, 2.75) is 12.7 Å². The molecule has 65 valence electrons. The molecule has 1 radical (unpaired) electrons. The van der Waals surface area contributed by atoms with Gasteiger partial charge in [0.2, 0.25) is 0 Å². The van der Waals surface area contributed by atoms with Gasteiger partial charge in [0.1, 0.15) is 5.69 Å². The van der Waals surface area contributed by atoms with E-state index in [-0.39, 0.29) is 6.54 Å². The summed E-state index contributed by atoms with van der Waals surface area (Å²) in [6.45, 7) is -0.0505. The summed E-state index contributed by atoms with van der Waals surface area (Å²) in [6, 6.07) is 2.13. The summed E-state index contributed by atoms with van der Waals surface area (Å²) in [5.74, 6) is 0. The first-order valence-electron chi connectivity index (χ1n) is 3.21. The number of alkyl halides is 3. The Morgan fingerprint density at radius 2 is 2.00 bits per heavy atom. The van der Waals surface area contributed by atoms with Crippen molar-refractivity contribution >= 4 is 0 Å². The van der Waals surface area contributed by atoms with E-state index < -0.39 is 11.9 Å². The molecule has 1 aromatic heterocycles. The molecule has 1 N–H and O–H groups in total. The van der Waals surface area contributed by atoms with Gasteiger partial charge in [0.05, 0.1) is 0 Å². The SMILES string of the molecule is [NH]Cc1ccc(C(F)(F)F)nc1. The van der Waals surface area contributed by atoms with Crippen molar-refractivity contribution in [3.63, 3.8) is 0 Å². The predicted molar refractivity (Wildman–Crippen MR) is 36.0 cm³/mol. The molecule has 0 aliphatic heterocycles. The molecule has 0 atom stereocenters. The second-order valence-corrected chi connectivity index (χ2v) is 2.23. The Labute approximate surface area is 67.2 Å². The van der Waals surface area contributed by atoms with Crippen molar-refractivity contribution < 1.29 is 13.2 Å². The molecule has 5 heteroatoms. The van der Waals surface area contributed by atoms with E-state index in [9.17, 15) is 13.2 Å². The molecule has 1 rings (SSSR count). The first kappa shape index (κ1) is 8.99. The van der Waals surface area contributed by atoms with E-state index >= 15 is 0 Å². The third kappa shape index (κ3) is 1.94. The molecule has 0 unspecified atom stereocenters. The Balaban J connectivity index is 2.93. The smallest absolute Gasteiger partial charge is 0.253 e. The third-order valence-corrected chi connectivity index (χ3v) is 1.32. The molecular weight excluding hydrogens is 169 g/mol. The summed E-state index contributed by atoms with van der Waals surface area (Å²) in [6.07, 6.45) is -3.32. The van der Waals surface area contributed by atoms with Crippen molar-refractivity contribution in [1.82, 2.24) is 10.7 Å². The minimum atomic E-state index is -4.39. The highest BCUT2D eigenvalue weighted by atomic mass is 19.4. The summed E-state index contributed by atoms with van der Waals surface area (Å²) >= 11 is 0. The van der Waals surface area contributed by atoms with Crippen molar-refractivity contribution in [3.8, 4) is 0 Å². The number of hydrogen-bond donors (Lipinski definition) is 0. The van der Waals surface area contributed by atoms with Crippen LogP contribution < -0.4 is 5.73 Å². The summed E-state index contributed by atoms with van der Waals surface area (Å²) in [7, 11) is 0. The minimum Gasteiger partial charge on any atom is -0.253 e. The molecule has 0 aromatic carbocycles. The van der Waals surface area contributed by atoms with E-state index in [1.807, 2.05) is 0 Å². The summed E-state index contributed by atoms with van der Waals surface area (Å²) in [4.78, 5) is 3.18.